The maximum absolute atomic E-state index is 11.4. The second kappa shape index (κ2) is 4.90. The van der Waals surface area contributed by atoms with Crippen LogP contribution in [0.1, 0.15) is 24.4 Å². The number of carbonyl (C=O) groups is 1. The molecule has 1 aromatic rings. The van der Waals surface area contributed by atoms with Crippen molar-refractivity contribution >= 4 is 17.6 Å². The average Bonchev–Trinajstić information content (AvgIpc) is 3.05. The first-order valence-electron chi connectivity index (χ1n) is 6.20. The summed E-state index contributed by atoms with van der Waals surface area (Å²) in [6.07, 6.45) is 2.34. The Morgan fingerprint density at radius 2 is 2.26 bits per heavy atom. The van der Waals surface area contributed by atoms with Crippen molar-refractivity contribution in [3.63, 3.8) is 0 Å². The van der Waals surface area contributed by atoms with E-state index in [4.69, 9.17) is 21.1 Å². The van der Waals surface area contributed by atoms with E-state index >= 15 is 0 Å². The highest BCUT2D eigenvalue weighted by Crippen LogP contribution is 2.41. The number of carboxylic acids is 1. The molecule has 1 atom stereocenters. The Kier molecular flexibility index (Phi) is 3.24. The lowest BCUT2D eigenvalue weighted by Crippen LogP contribution is -2.30. The minimum atomic E-state index is -0.921. The Labute approximate surface area is 115 Å². The van der Waals surface area contributed by atoms with Crippen LogP contribution in [0.15, 0.2) is 12.1 Å². The first-order chi connectivity index (χ1) is 9.15. The van der Waals surface area contributed by atoms with Crippen molar-refractivity contribution in [2.24, 2.45) is 5.92 Å². The average molecular weight is 284 g/mol. The Bertz CT molecular complexity index is 516. The number of ether oxygens (including phenoxy) is 2. The molecule has 0 amide bonds. The summed E-state index contributed by atoms with van der Waals surface area (Å²) in [6, 6.07) is 2.52. The minimum absolute atomic E-state index is 0.117. The molecule has 1 aromatic carbocycles. The largest absolute Gasteiger partial charge is 0.480 e. The van der Waals surface area contributed by atoms with Gasteiger partial charge >= 0.3 is 5.97 Å². The Morgan fingerprint density at radius 1 is 1.47 bits per heavy atom. The zero-order valence-corrected chi connectivity index (χ0v) is 10.9. The third kappa shape index (κ3) is 2.62. The molecule has 3 rings (SSSR count). The molecule has 6 heteroatoms. The Balaban J connectivity index is 1.84. The molecular formula is C13H14ClNO4. The van der Waals surface area contributed by atoms with Crippen LogP contribution in [0, 0.1) is 5.92 Å². The van der Waals surface area contributed by atoms with Gasteiger partial charge in [0.25, 0.3) is 0 Å². The number of rotatable bonds is 5. The smallest absolute Gasteiger partial charge is 0.325 e. The first-order valence-corrected chi connectivity index (χ1v) is 6.58. The van der Waals surface area contributed by atoms with Gasteiger partial charge in [-0.3, -0.25) is 4.79 Å². The summed E-state index contributed by atoms with van der Waals surface area (Å²) in [5.74, 6) is 0.667. The summed E-state index contributed by atoms with van der Waals surface area (Å²) in [6.45, 7) is 0.828. The minimum Gasteiger partial charge on any atom is -0.480 e. The number of carboxylic acid groups (broad SMARTS) is 1. The van der Waals surface area contributed by atoms with E-state index in [9.17, 15) is 9.90 Å². The van der Waals surface area contributed by atoms with Crippen LogP contribution in [-0.4, -0.2) is 24.4 Å². The van der Waals surface area contributed by atoms with Crippen LogP contribution in [0.3, 0.4) is 0 Å². The van der Waals surface area contributed by atoms with Crippen LogP contribution in [-0.2, 0) is 4.79 Å². The van der Waals surface area contributed by atoms with Gasteiger partial charge in [0.2, 0.25) is 6.79 Å². The van der Waals surface area contributed by atoms with Gasteiger partial charge in [0.1, 0.15) is 6.04 Å². The molecule has 1 heterocycles. The van der Waals surface area contributed by atoms with Gasteiger partial charge in [-0.1, -0.05) is 11.6 Å². The van der Waals surface area contributed by atoms with Gasteiger partial charge in [-0.05, 0) is 43.0 Å². The number of fused-ring (bicyclic) bond motifs is 1. The van der Waals surface area contributed by atoms with Crippen molar-refractivity contribution in [2.75, 3.05) is 13.3 Å². The van der Waals surface area contributed by atoms with Gasteiger partial charge in [0.15, 0.2) is 11.5 Å². The highest BCUT2D eigenvalue weighted by atomic mass is 35.5. The first kappa shape index (κ1) is 12.6. The van der Waals surface area contributed by atoms with E-state index in [1.807, 2.05) is 0 Å². The highest BCUT2D eigenvalue weighted by Gasteiger charge is 2.28. The molecule has 2 aliphatic rings. The van der Waals surface area contributed by atoms with Gasteiger partial charge in [-0.15, -0.1) is 0 Å². The molecule has 1 saturated carbocycles. The van der Waals surface area contributed by atoms with Crippen LogP contribution < -0.4 is 14.8 Å². The van der Waals surface area contributed by atoms with Gasteiger partial charge in [0, 0.05) is 0 Å². The van der Waals surface area contributed by atoms with Crippen molar-refractivity contribution < 1.29 is 19.4 Å². The number of hydrogen-bond donors (Lipinski definition) is 2. The van der Waals surface area contributed by atoms with Crippen LogP contribution in [0.4, 0.5) is 0 Å². The summed E-state index contributed by atoms with van der Waals surface area (Å²) >= 11 is 6.07. The fourth-order valence-corrected chi connectivity index (χ4v) is 2.38. The Morgan fingerprint density at radius 3 is 2.95 bits per heavy atom. The fraction of sp³-hybridized carbons (Fsp3) is 0.462. The van der Waals surface area contributed by atoms with Gasteiger partial charge in [-0.2, -0.15) is 0 Å². The second-order valence-corrected chi connectivity index (χ2v) is 5.27. The molecule has 102 valence electrons. The molecule has 1 fully saturated rings. The molecule has 0 spiro atoms. The van der Waals surface area contributed by atoms with Crippen LogP contribution >= 0.6 is 11.6 Å². The SMILES string of the molecule is O=C(O)C(NCC1CC1)c1cc(Cl)c2c(c1)OCO2. The van der Waals surface area contributed by atoms with E-state index in [0.717, 1.165) is 0 Å². The van der Waals surface area contributed by atoms with Crippen molar-refractivity contribution in [1.29, 1.82) is 0 Å². The van der Waals surface area contributed by atoms with E-state index in [0.29, 0.717) is 34.5 Å². The lowest BCUT2D eigenvalue weighted by Gasteiger charge is -2.15. The molecule has 0 radical (unpaired) electrons. The number of benzene rings is 1. The highest BCUT2D eigenvalue weighted by molar-refractivity contribution is 6.32. The molecule has 0 bridgehead atoms. The molecule has 1 aliphatic heterocycles. The monoisotopic (exact) mass is 283 g/mol. The summed E-state index contributed by atoms with van der Waals surface area (Å²) < 4.78 is 10.5. The third-order valence-corrected chi connectivity index (χ3v) is 3.62. The zero-order chi connectivity index (χ0) is 13.4. The van der Waals surface area contributed by atoms with E-state index in [2.05, 4.69) is 5.32 Å². The lowest BCUT2D eigenvalue weighted by atomic mass is 10.1. The van der Waals surface area contributed by atoms with Crippen molar-refractivity contribution in [3.8, 4) is 11.5 Å². The summed E-state index contributed by atoms with van der Waals surface area (Å²) in [7, 11) is 0. The van der Waals surface area contributed by atoms with E-state index in [1.165, 1.54) is 12.8 Å². The van der Waals surface area contributed by atoms with Gasteiger partial charge < -0.3 is 19.9 Å². The van der Waals surface area contributed by atoms with Gasteiger partial charge in [-0.25, -0.2) is 0 Å². The quantitative estimate of drug-likeness (QED) is 0.867. The summed E-state index contributed by atoms with van der Waals surface area (Å²) in [5, 5.41) is 12.8. The number of halogens is 1. The Hall–Kier alpha value is -1.46. The standard InChI is InChI=1S/C13H14ClNO4/c14-9-3-8(4-10-12(9)19-6-18-10)11(13(16)17)15-5-7-1-2-7/h3-4,7,11,15H,1-2,5-6H2,(H,16,17). The zero-order valence-electron chi connectivity index (χ0n) is 10.2. The molecule has 1 aliphatic carbocycles. The van der Waals surface area contributed by atoms with Crippen molar-refractivity contribution in [3.05, 3.63) is 22.7 Å². The molecule has 0 aromatic heterocycles. The van der Waals surface area contributed by atoms with Crippen molar-refractivity contribution in [2.45, 2.75) is 18.9 Å². The summed E-state index contributed by atoms with van der Waals surface area (Å²) in [4.78, 5) is 11.4. The van der Waals surface area contributed by atoms with E-state index in [-0.39, 0.29) is 6.79 Å². The van der Waals surface area contributed by atoms with E-state index < -0.39 is 12.0 Å². The number of hydrogen-bond acceptors (Lipinski definition) is 4. The molecule has 2 N–H and O–H groups in total. The van der Waals surface area contributed by atoms with Crippen LogP contribution in [0.5, 0.6) is 11.5 Å². The predicted molar refractivity (Wildman–Crippen MR) is 68.7 cm³/mol. The maximum Gasteiger partial charge on any atom is 0.325 e. The number of nitrogens with one attached hydrogen (secondary N) is 1. The maximum atomic E-state index is 11.4. The van der Waals surface area contributed by atoms with Gasteiger partial charge in [0.05, 0.1) is 5.02 Å². The lowest BCUT2D eigenvalue weighted by molar-refractivity contribution is -0.139. The normalized spacial score (nSPS) is 18.4. The molecule has 0 saturated heterocycles. The van der Waals surface area contributed by atoms with E-state index in [1.54, 1.807) is 12.1 Å². The number of aliphatic carboxylic acids is 1. The molecule has 19 heavy (non-hydrogen) atoms. The fourth-order valence-electron chi connectivity index (χ4n) is 2.11. The van der Waals surface area contributed by atoms with Crippen molar-refractivity contribution in [1.82, 2.24) is 5.32 Å². The van der Waals surface area contributed by atoms with Crippen LogP contribution in [0.2, 0.25) is 5.02 Å². The van der Waals surface area contributed by atoms with Crippen LogP contribution in [0.25, 0.3) is 0 Å². The topological polar surface area (TPSA) is 67.8 Å². The molecular weight excluding hydrogens is 270 g/mol. The predicted octanol–water partition coefficient (Wildman–Crippen LogP) is 2.19. The molecule has 5 nitrogen and oxygen atoms in total. The third-order valence-electron chi connectivity index (χ3n) is 3.34. The second-order valence-electron chi connectivity index (χ2n) is 4.86. The molecule has 1 unspecified atom stereocenters. The summed E-state index contributed by atoms with van der Waals surface area (Å²) in [5.41, 5.74) is 0.586.